The molecule has 3 aliphatic rings. The topological polar surface area (TPSA) is 45.4 Å². The van der Waals surface area contributed by atoms with Crippen molar-refractivity contribution < 1.29 is 4.42 Å². The number of piperidine rings is 1. The Bertz CT molecular complexity index is 606. The zero-order valence-electron chi connectivity index (χ0n) is 10.5. The molecule has 6 heteroatoms. The Morgan fingerprint density at radius 1 is 1.21 bits per heavy atom. The molecule has 5 heterocycles. The van der Waals surface area contributed by atoms with E-state index in [9.17, 15) is 0 Å². The molecule has 0 aliphatic carbocycles. The lowest BCUT2D eigenvalue weighted by atomic mass is 10.1. The monoisotopic (exact) mass is 322 g/mol. The zero-order valence-corrected chi connectivity index (χ0v) is 12.1. The van der Waals surface area contributed by atoms with Crippen LogP contribution < -0.4 is 4.90 Å². The molecule has 0 radical (unpaired) electrons. The van der Waals surface area contributed by atoms with Gasteiger partial charge in [-0.15, -0.1) is 0 Å². The molecule has 0 aromatic carbocycles. The number of hydrogen-bond acceptors (Lipinski definition) is 5. The van der Waals surface area contributed by atoms with E-state index in [-0.39, 0.29) is 0 Å². The summed E-state index contributed by atoms with van der Waals surface area (Å²) in [5.41, 5.74) is 1.45. The molecule has 100 valence electrons. The second kappa shape index (κ2) is 4.45. The lowest BCUT2D eigenvalue weighted by Gasteiger charge is -2.30. The first kappa shape index (κ1) is 11.7. The molecule has 2 bridgehead atoms. The minimum Gasteiger partial charge on any atom is -0.404 e. The van der Waals surface area contributed by atoms with E-state index in [1.807, 2.05) is 6.07 Å². The zero-order chi connectivity index (χ0) is 12.8. The average Bonchev–Trinajstić information content (AvgIpc) is 2.61. The van der Waals surface area contributed by atoms with Gasteiger partial charge in [0.05, 0.1) is 0 Å². The van der Waals surface area contributed by atoms with E-state index in [2.05, 4.69) is 35.7 Å². The first-order chi connectivity index (χ1) is 9.29. The van der Waals surface area contributed by atoms with Crippen LogP contribution in [0.3, 0.4) is 0 Å². The van der Waals surface area contributed by atoms with Crippen molar-refractivity contribution in [2.75, 3.05) is 31.1 Å². The molecule has 3 fully saturated rings. The summed E-state index contributed by atoms with van der Waals surface area (Å²) in [5, 5.41) is 0. The van der Waals surface area contributed by atoms with E-state index in [0.29, 0.717) is 11.8 Å². The van der Waals surface area contributed by atoms with Gasteiger partial charge in [0.1, 0.15) is 5.52 Å². The van der Waals surface area contributed by atoms with Crippen molar-refractivity contribution in [3.63, 3.8) is 0 Å². The average molecular weight is 323 g/mol. The Labute approximate surface area is 119 Å². The van der Waals surface area contributed by atoms with E-state index in [0.717, 1.165) is 29.1 Å². The number of nitrogens with zero attached hydrogens (tertiary/aromatic N) is 4. The Hall–Kier alpha value is -1.14. The van der Waals surface area contributed by atoms with Crippen LogP contribution in [0.2, 0.25) is 0 Å². The normalized spacial score (nSPS) is 26.9. The molecular weight excluding hydrogens is 308 g/mol. The van der Waals surface area contributed by atoms with E-state index >= 15 is 0 Å². The summed E-state index contributed by atoms with van der Waals surface area (Å²) in [6.45, 7) is 4.50. The second-order valence-electron chi connectivity index (χ2n) is 5.24. The quantitative estimate of drug-likeness (QED) is 0.806. The standard InChI is InChI=1S/C13H15BrN4O/c14-9-7-11-12(15-8-9)19-13(16-11)18-6-5-17-3-1-10(18)2-4-17/h7-8,10H,1-6H2. The molecule has 19 heavy (non-hydrogen) atoms. The number of fused-ring (bicyclic) bond motifs is 5. The maximum absolute atomic E-state index is 5.83. The van der Waals surface area contributed by atoms with Gasteiger partial charge in [-0.05, 0) is 34.8 Å². The van der Waals surface area contributed by atoms with Crippen LogP contribution in [-0.4, -0.2) is 47.1 Å². The van der Waals surface area contributed by atoms with E-state index < -0.39 is 0 Å². The SMILES string of the molecule is Brc1cnc2oc(N3CCN4CCC3CC4)nc2c1. The van der Waals surface area contributed by atoms with Gasteiger partial charge in [0, 0.05) is 42.9 Å². The van der Waals surface area contributed by atoms with Crippen LogP contribution in [0.1, 0.15) is 12.8 Å². The minimum atomic E-state index is 0.565. The molecule has 0 spiro atoms. The van der Waals surface area contributed by atoms with Gasteiger partial charge in [0.25, 0.3) is 6.01 Å². The first-order valence-electron chi connectivity index (χ1n) is 6.71. The van der Waals surface area contributed by atoms with Crippen molar-refractivity contribution in [2.45, 2.75) is 18.9 Å². The van der Waals surface area contributed by atoms with Gasteiger partial charge in [-0.2, -0.15) is 4.98 Å². The number of hydrogen-bond donors (Lipinski definition) is 0. The van der Waals surface area contributed by atoms with Crippen LogP contribution in [0.4, 0.5) is 6.01 Å². The minimum absolute atomic E-state index is 0.565. The summed E-state index contributed by atoms with van der Waals surface area (Å²) < 4.78 is 6.77. The molecular formula is C13H15BrN4O. The van der Waals surface area contributed by atoms with Crippen LogP contribution >= 0.6 is 15.9 Å². The molecule has 0 amide bonds. The van der Waals surface area contributed by atoms with Crippen molar-refractivity contribution in [3.8, 4) is 0 Å². The number of aromatic nitrogens is 2. The van der Waals surface area contributed by atoms with Gasteiger partial charge in [0.2, 0.25) is 5.71 Å². The number of oxazole rings is 1. The molecule has 0 atom stereocenters. The van der Waals surface area contributed by atoms with Crippen molar-refractivity contribution in [3.05, 3.63) is 16.7 Å². The molecule has 3 aliphatic heterocycles. The lowest BCUT2D eigenvalue weighted by Crippen LogP contribution is -2.38. The Morgan fingerprint density at radius 2 is 2.05 bits per heavy atom. The summed E-state index contributed by atoms with van der Waals surface area (Å²) >= 11 is 3.42. The van der Waals surface area contributed by atoms with Crippen LogP contribution in [-0.2, 0) is 0 Å². The third-order valence-electron chi connectivity index (χ3n) is 4.10. The van der Waals surface area contributed by atoms with Crippen LogP contribution in [0.25, 0.3) is 11.2 Å². The second-order valence-corrected chi connectivity index (χ2v) is 6.16. The molecule has 0 N–H and O–H groups in total. The molecule has 2 aromatic heterocycles. The highest BCUT2D eigenvalue weighted by Crippen LogP contribution is 2.29. The van der Waals surface area contributed by atoms with E-state index in [1.165, 1.54) is 25.9 Å². The van der Waals surface area contributed by atoms with Gasteiger partial charge >= 0.3 is 0 Å². The first-order valence-corrected chi connectivity index (χ1v) is 7.50. The third-order valence-corrected chi connectivity index (χ3v) is 4.54. The van der Waals surface area contributed by atoms with E-state index in [1.54, 1.807) is 6.20 Å². The van der Waals surface area contributed by atoms with Crippen molar-refractivity contribution in [2.24, 2.45) is 0 Å². The lowest BCUT2D eigenvalue weighted by molar-refractivity contribution is 0.249. The molecule has 2 aromatic rings. The molecule has 5 nitrogen and oxygen atoms in total. The highest BCUT2D eigenvalue weighted by atomic mass is 79.9. The predicted octanol–water partition coefficient (Wildman–Crippen LogP) is 2.27. The van der Waals surface area contributed by atoms with Gasteiger partial charge in [-0.1, -0.05) is 0 Å². The summed E-state index contributed by atoms with van der Waals surface area (Å²) in [5.74, 6) is 0. The van der Waals surface area contributed by atoms with Crippen LogP contribution in [0.5, 0.6) is 0 Å². The van der Waals surface area contributed by atoms with Gasteiger partial charge in [-0.25, -0.2) is 4.98 Å². The van der Waals surface area contributed by atoms with Crippen molar-refractivity contribution in [1.82, 2.24) is 14.9 Å². The maximum Gasteiger partial charge on any atom is 0.300 e. The van der Waals surface area contributed by atoms with Crippen LogP contribution in [0, 0.1) is 0 Å². The number of halogens is 1. The number of rotatable bonds is 1. The summed E-state index contributed by atoms with van der Waals surface area (Å²) in [6.07, 6.45) is 4.16. The van der Waals surface area contributed by atoms with Crippen LogP contribution in [0.15, 0.2) is 21.2 Å². The Morgan fingerprint density at radius 3 is 2.89 bits per heavy atom. The van der Waals surface area contributed by atoms with Gasteiger partial charge in [0.15, 0.2) is 0 Å². The largest absolute Gasteiger partial charge is 0.404 e. The number of pyridine rings is 1. The molecule has 0 unspecified atom stereocenters. The smallest absolute Gasteiger partial charge is 0.300 e. The predicted molar refractivity (Wildman–Crippen MR) is 76.3 cm³/mol. The summed E-state index contributed by atoms with van der Waals surface area (Å²) in [7, 11) is 0. The Kier molecular flexibility index (Phi) is 2.73. The Balaban J connectivity index is 1.72. The maximum atomic E-state index is 5.83. The fourth-order valence-electron chi connectivity index (χ4n) is 3.05. The molecule has 0 saturated carbocycles. The highest BCUT2D eigenvalue weighted by Gasteiger charge is 2.31. The van der Waals surface area contributed by atoms with Gasteiger partial charge < -0.3 is 14.2 Å². The molecule has 5 rings (SSSR count). The third kappa shape index (κ3) is 2.03. The fourth-order valence-corrected chi connectivity index (χ4v) is 3.37. The number of anilines is 1. The van der Waals surface area contributed by atoms with Gasteiger partial charge in [-0.3, -0.25) is 0 Å². The van der Waals surface area contributed by atoms with Crippen molar-refractivity contribution in [1.29, 1.82) is 0 Å². The van der Waals surface area contributed by atoms with E-state index in [4.69, 9.17) is 4.42 Å². The highest BCUT2D eigenvalue weighted by molar-refractivity contribution is 9.10. The van der Waals surface area contributed by atoms with Crippen molar-refractivity contribution >= 4 is 33.2 Å². The molecule has 3 saturated heterocycles. The fraction of sp³-hybridized carbons (Fsp3) is 0.538. The summed E-state index contributed by atoms with van der Waals surface area (Å²) in [6, 6.07) is 3.25. The summed E-state index contributed by atoms with van der Waals surface area (Å²) in [4.78, 5) is 13.7.